The van der Waals surface area contributed by atoms with E-state index in [1.54, 1.807) is 0 Å². The molecule has 0 bridgehead atoms. The van der Waals surface area contributed by atoms with Crippen LogP contribution in [0.15, 0.2) is 0 Å². The molecule has 0 fully saturated rings. The summed E-state index contributed by atoms with van der Waals surface area (Å²) in [5.41, 5.74) is 0. The average Bonchev–Trinajstić information content (AvgIpc) is 1.27. The summed E-state index contributed by atoms with van der Waals surface area (Å²) in [5, 5.41) is 0. The molecular formula is HAlO6SZn. The Morgan fingerprint density at radius 3 is 1.33 bits per heavy atom. The van der Waals surface area contributed by atoms with E-state index in [0.717, 1.165) is 0 Å². The van der Waals surface area contributed by atoms with Gasteiger partial charge in [0, 0.05) is 10.4 Å². The molecule has 0 unspecified atom stereocenters. The summed E-state index contributed by atoms with van der Waals surface area (Å²) in [6, 6.07) is 0. The maximum absolute atomic E-state index is 8.57. The Kier molecular flexibility index (Phi) is 15.6. The van der Waals surface area contributed by atoms with Crippen LogP contribution in [0.1, 0.15) is 0 Å². The molecule has 0 spiro atoms. The van der Waals surface area contributed by atoms with Gasteiger partial charge in [0.25, 0.3) is 0 Å². The zero-order valence-corrected chi connectivity index (χ0v) is 9.12. The quantitative estimate of drug-likeness (QED) is 0.277. The fourth-order valence-corrected chi connectivity index (χ4v) is 0. The van der Waals surface area contributed by atoms with E-state index in [-0.39, 0.29) is 19.5 Å². The minimum absolute atomic E-state index is 0. The third-order valence-electron chi connectivity index (χ3n) is 0. The van der Waals surface area contributed by atoms with Gasteiger partial charge < -0.3 is 9.11 Å². The van der Waals surface area contributed by atoms with Crippen molar-refractivity contribution in [3.63, 3.8) is 0 Å². The molecule has 9 heteroatoms. The predicted octanol–water partition coefficient (Wildman–Crippen LogP) is -2.40. The Balaban J connectivity index is -0.0000000800. The smallest absolute Gasteiger partial charge is 2.00 e. The van der Waals surface area contributed by atoms with Crippen molar-refractivity contribution in [3.05, 3.63) is 0 Å². The molecule has 0 aliphatic rings. The van der Waals surface area contributed by atoms with Gasteiger partial charge in [0.15, 0.2) is 0 Å². The third-order valence-corrected chi connectivity index (χ3v) is 0. The van der Waals surface area contributed by atoms with Crippen LogP contribution in [0.3, 0.4) is 0 Å². The van der Waals surface area contributed by atoms with Crippen LogP contribution in [0.2, 0.25) is 0 Å². The van der Waals surface area contributed by atoms with E-state index in [1.807, 2.05) is 0 Å². The molecule has 0 rings (SSSR count). The van der Waals surface area contributed by atoms with Crippen LogP contribution < -0.4 is 0 Å². The van der Waals surface area contributed by atoms with Crippen LogP contribution in [0, 0.1) is 0 Å². The molecule has 1 N–H and O–H groups in total. The molecule has 0 heterocycles. The van der Waals surface area contributed by atoms with Gasteiger partial charge in [-0.2, -0.15) is 0 Å². The normalized spacial score (nSPS) is 7.33. The van der Waals surface area contributed by atoms with Gasteiger partial charge in [-0.25, -0.2) is 0 Å². The standard InChI is InChI=1S/Al.H2O4S.H2O.O.Zn/c;1-5(2,3)4;;;/h;(H2,1,2,3,4);1H2;;/q+1;;;;+2/p-3. The minimum atomic E-state index is -5.17. The van der Waals surface area contributed by atoms with E-state index in [4.69, 9.17) is 25.5 Å². The van der Waals surface area contributed by atoms with E-state index in [9.17, 15) is 0 Å². The first-order valence-electron chi connectivity index (χ1n) is 1.16. The van der Waals surface area contributed by atoms with Crippen molar-refractivity contribution in [2.45, 2.75) is 0 Å². The molecule has 0 aromatic heterocycles. The SMILES string of the molecule is O=S(=O)([O-])[O-].[O]=[Al][OH].[Zn+2]. The van der Waals surface area contributed by atoms with Crippen LogP contribution in [-0.4, -0.2) is 37.2 Å². The summed E-state index contributed by atoms with van der Waals surface area (Å²) in [5.74, 6) is 0. The molecule has 0 aliphatic heterocycles. The minimum Gasteiger partial charge on any atom is 2.00 e. The Bertz CT molecular complexity index is 127. The Labute approximate surface area is 70.9 Å². The Hall–Kier alpha value is 0.626. The van der Waals surface area contributed by atoms with Crippen LogP contribution in [0.5, 0.6) is 0 Å². The summed E-state index contributed by atoms with van der Waals surface area (Å²) in [4.78, 5) is 0. The zero-order chi connectivity index (χ0) is 7.21. The van der Waals surface area contributed by atoms with Crippen LogP contribution in [-0.2, 0) is 33.7 Å². The van der Waals surface area contributed by atoms with Gasteiger partial charge in [-0.1, -0.05) is 0 Å². The average molecular weight is 221 g/mol. The predicted molar refractivity (Wildman–Crippen MR) is 19.1 cm³/mol. The second-order valence-electron chi connectivity index (χ2n) is 0.514. The molecule has 48 valence electrons. The Morgan fingerprint density at radius 2 is 1.33 bits per heavy atom. The molecule has 0 aliphatic carbocycles. The van der Waals surface area contributed by atoms with Gasteiger partial charge in [0.2, 0.25) is 0 Å². The van der Waals surface area contributed by atoms with Crippen LogP contribution in [0.4, 0.5) is 0 Å². The fourth-order valence-electron chi connectivity index (χ4n) is 0. The number of hydrogen-bond acceptors (Lipinski definition) is 5. The first-order chi connectivity index (χ1) is 3.41. The van der Waals surface area contributed by atoms with Gasteiger partial charge >= 0.3 is 42.9 Å². The van der Waals surface area contributed by atoms with Crippen molar-refractivity contribution in [1.29, 1.82) is 0 Å². The van der Waals surface area contributed by atoms with E-state index in [0.29, 0.717) is 0 Å². The first-order valence-corrected chi connectivity index (χ1v) is 3.48. The maximum atomic E-state index is 8.57. The third kappa shape index (κ3) is 967. The molecule has 0 amide bonds. The van der Waals surface area contributed by atoms with Gasteiger partial charge in [-0.05, 0) is 0 Å². The van der Waals surface area contributed by atoms with Gasteiger partial charge in [-0.15, -0.1) is 0 Å². The number of rotatable bonds is 0. The molecule has 6 nitrogen and oxygen atoms in total. The largest absolute Gasteiger partial charge is 2.00 e. The summed E-state index contributed by atoms with van der Waals surface area (Å²) >= 11 is -1.50. The van der Waals surface area contributed by atoms with Gasteiger partial charge in [0.1, 0.15) is 0 Å². The summed E-state index contributed by atoms with van der Waals surface area (Å²) in [7, 11) is -5.17. The van der Waals surface area contributed by atoms with Crippen molar-refractivity contribution in [2.24, 2.45) is 0 Å². The molecule has 0 aromatic rings. The fraction of sp³-hybridized carbons (Fsp3) is 0. The van der Waals surface area contributed by atoms with Crippen molar-refractivity contribution in [1.82, 2.24) is 0 Å². The molecule has 0 radical (unpaired) electrons. The number of hydrogen-bond donors (Lipinski definition) is 1. The molecule has 0 atom stereocenters. The van der Waals surface area contributed by atoms with E-state index in [2.05, 4.69) is 0 Å². The zero-order valence-electron chi connectivity index (χ0n) is 4.18. The summed E-state index contributed by atoms with van der Waals surface area (Å²) in [6.07, 6.45) is 0. The summed E-state index contributed by atoms with van der Waals surface area (Å²) in [6.45, 7) is 0. The van der Waals surface area contributed by atoms with Crippen LogP contribution in [0.25, 0.3) is 0 Å². The van der Waals surface area contributed by atoms with Crippen LogP contribution >= 0.6 is 0 Å². The van der Waals surface area contributed by atoms with Crippen molar-refractivity contribution < 1.29 is 45.0 Å². The second-order valence-corrected chi connectivity index (χ2v) is 1.54. The van der Waals surface area contributed by atoms with E-state index >= 15 is 0 Å². The van der Waals surface area contributed by atoms with Crippen molar-refractivity contribution >= 4 is 25.9 Å². The molecule has 0 saturated carbocycles. The molecule has 9 heavy (non-hydrogen) atoms. The Morgan fingerprint density at radius 1 is 1.33 bits per heavy atom. The molecule has 0 aromatic carbocycles. The van der Waals surface area contributed by atoms with Gasteiger partial charge in [-0.3, -0.25) is 8.42 Å². The maximum Gasteiger partial charge on any atom is 2.00 e. The topological polar surface area (TPSA) is 118 Å². The molecule has 0 saturated heterocycles. The van der Waals surface area contributed by atoms with E-state index < -0.39 is 25.9 Å². The second kappa shape index (κ2) is 8.63. The van der Waals surface area contributed by atoms with Gasteiger partial charge in [0.05, 0.1) is 0 Å². The van der Waals surface area contributed by atoms with E-state index in [1.165, 1.54) is 0 Å². The monoisotopic (exact) mass is 220 g/mol. The first kappa shape index (κ1) is 16.3. The molecular weight excluding hydrogens is 220 g/mol. The van der Waals surface area contributed by atoms with Crippen molar-refractivity contribution in [3.8, 4) is 0 Å². The van der Waals surface area contributed by atoms with Crippen molar-refractivity contribution in [2.75, 3.05) is 0 Å². The summed E-state index contributed by atoms with van der Waals surface area (Å²) < 4.78 is 49.8.